The number of ether oxygens (including phenoxy) is 1. The highest BCUT2D eigenvalue weighted by Gasteiger charge is 1.97. The minimum absolute atomic E-state index is 0.116. The monoisotopic (exact) mass is 184 g/mol. The molecule has 0 aromatic heterocycles. The van der Waals surface area contributed by atoms with Crippen LogP contribution in [0.25, 0.3) is 0 Å². The third-order valence-electron chi connectivity index (χ3n) is 1.75. The maximum absolute atomic E-state index is 11.0. The molecule has 0 amide bonds. The predicted molar refractivity (Wildman–Crippen MR) is 54.3 cm³/mol. The van der Waals surface area contributed by atoms with Crippen molar-refractivity contribution in [3.05, 3.63) is 12.3 Å². The van der Waals surface area contributed by atoms with Crippen LogP contribution in [-0.2, 0) is 9.53 Å². The molecule has 0 aliphatic heterocycles. The summed E-state index contributed by atoms with van der Waals surface area (Å²) in [4.78, 5) is 11.0. The van der Waals surface area contributed by atoms with Gasteiger partial charge >= 0.3 is 5.97 Å². The number of allylic oxidation sites excluding steroid dienone is 1. The molecule has 0 rings (SSSR count). The standard InChI is InChI=1S/C11H20O2/c1-3-5-7-8-10-13-11(12)9-6-4-2/h8,10H,3-7,9H2,1-2H3. The lowest BCUT2D eigenvalue weighted by Crippen LogP contribution is -1.98. The van der Waals surface area contributed by atoms with E-state index >= 15 is 0 Å². The van der Waals surface area contributed by atoms with Crippen molar-refractivity contribution >= 4 is 5.97 Å². The lowest BCUT2D eigenvalue weighted by atomic mass is 10.2. The van der Waals surface area contributed by atoms with E-state index in [-0.39, 0.29) is 5.97 Å². The van der Waals surface area contributed by atoms with Gasteiger partial charge in [-0.15, -0.1) is 0 Å². The van der Waals surface area contributed by atoms with Crippen LogP contribution in [0.1, 0.15) is 52.4 Å². The van der Waals surface area contributed by atoms with Crippen LogP contribution >= 0.6 is 0 Å². The van der Waals surface area contributed by atoms with Crippen LogP contribution in [0.15, 0.2) is 12.3 Å². The second-order valence-electron chi connectivity index (χ2n) is 3.11. The van der Waals surface area contributed by atoms with E-state index in [4.69, 9.17) is 4.74 Å². The van der Waals surface area contributed by atoms with E-state index in [1.807, 2.05) is 6.08 Å². The molecule has 0 atom stereocenters. The normalized spacial score (nSPS) is 10.6. The van der Waals surface area contributed by atoms with Gasteiger partial charge in [-0.3, -0.25) is 4.79 Å². The van der Waals surface area contributed by atoms with Gasteiger partial charge in [-0.05, 0) is 25.3 Å². The molecule has 2 nitrogen and oxygen atoms in total. The predicted octanol–water partition coefficient (Wildman–Crippen LogP) is 3.42. The molecule has 0 bridgehead atoms. The van der Waals surface area contributed by atoms with Crippen molar-refractivity contribution in [2.24, 2.45) is 0 Å². The molecule has 0 aliphatic rings. The molecule has 0 aromatic rings. The molecular weight excluding hydrogens is 164 g/mol. The molecule has 0 aliphatic carbocycles. The highest BCUT2D eigenvalue weighted by atomic mass is 16.5. The lowest BCUT2D eigenvalue weighted by molar-refractivity contribution is -0.138. The third kappa shape index (κ3) is 9.12. The average molecular weight is 184 g/mol. The van der Waals surface area contributed by atoms with Crippen LogP contribution in [0.4, 0.5) is 0 Å². The van der Waals surface area contributed by atoms with Crippen LogP contribution in [0.2, 0.25) is 0 Å². The fourth-order valence-corrected chi connectivity index (χ4v) is 0.894. The summed E-state index contributed by atoms with van der Waals surface area (Å²) in [5.41, 5.74) is 0. The molecule has 13 heavy (non-hydrogen) atoms. The largest absolute Gasteiger partial charge is 0.435 e. The molecule has 0 heterocycles. The quantitative estimate of drug-likeness (QED) is 0.344. The van der Waals surface area contributed by atoms with Crippen LogP contribution < -0.4 is 0 Å². The summed E-state index contributed by atoms with van der Waals surface area (Å²) < 4.78 is 4.87. The molecule has 0 saturated carbocycles. The Morgan fingerprint density at radius 3 is 2.54 bits per heavy atom. The van der Waals surface area contributed by atoms with Crippen molar-refractivity contribution < 1.29 is 9.53 Å². The molecular formula is C11H20O2. The molecule has 0 radical (unpaired) electrons. The minimum Gasteiger partial charge on any atom is -0.435 e. The molecule has 2 heteroatoms. The second kappa shape index (κ2) is 9.30. The molecule has 0 aromatic carbocycles. The number of rotatable bonds is 7. The number of esters is 1. The van der Waals surface area contributed by atoms with E-state index in [9.17, 15) is 4.79 Å². The fourth-order valence-electron chi connectivity index (χ4n) is 0.894. The van der Waals surface area contributed by atoms with Gasteiger partial charge in [-0.25, -0.2) is 0 Å². The van der Waals surface area contributed by atoms with Crippen molar-refractivity contribution in [3.8, 4) is 0 Å². The molecule has 76 valence electrons. The van der Waals surface area contributed by atoms with Gasteiger partial charge in [0.25, 0.3) is 0 Å². The highest BCUT2D eigenvalue weighted by molar-refractivity contribution is 5.69. The van der Waals surface area contributed by atoms with Crippen molar-refractivity contribution in [2.45, 2.75) is 52.4 Å². The van der Waals surface area contributed by atoms with Gasteiger partial charge in [0.15, 0.2) is 0 Å². The minimum atomic E-state index is -0.116. The Morgan fingerprint density at radius 1 is 1.23 bits per heavy atom. The van der Waals surface area contributed by atoms with Gasteiger partial charge in [0.2, 0.25) is 0 Å². The van der Waals surface area contributed by atoms with Crippen molar-refractivity contribution in [2.75, 3.05) is 0 Å². The van der Waals surface area contributed by atoms with Gasteiger partial charge in [-0.2, -0.15) is 0 Å². The van der Waals surface area contributed by atoms with Gasteiger partial charge in [-0.1, -0.05) is 26.7 Å². The molecule has 0 spiro atoms. The maximum atomic E-state index is 11.0. The van der Waals surface area contributed by atoms with Crippen molar-refractivity contribution in [1.29, 1.82) is 0 Å². The molecule has 0 saturated heterocycles. The first kappa shape index (κ1) is 12.2. The van der Waals surface area contributed by atoms with Crippen molar-refractivity contribution in [3.63, 3.8) is 0 Å². The molecule has 0 unspecified atom stereocenters. The Kier molecular flexibility index (Phi) is 8.73. The average Bonchev–Trinajstić information content (AvgIpc) is 2.14. The Hall–Kier alpha value is -0.790. The summed E-state index contributed by atoms with van der Waals surface area (Å²) in [7, 11) is 0. The maximum Gasteiger partial charge on any atom is 0.310 e. The first-order valence-electron chi connectivity index (χ1n) is 5.15. The number of hydrogen-bond donors (Lipinski definition) is 0. The third-order valence-corrected chi connectivity index (χ3v) is 1.75. The SMILES string of the molecule is CCCCC=COC(=O)CCCC. The topological polar surface area (TPSA) is 26.3 Å². The van der Waals surface area contributed by atoms with Gasteiger partial charge in [0, 0.05) is 6.42 Å². The highest BCUT2D eigenvalue weighted by Crippen LogP contribution is 1.98. The number of hydrogen-bond acceptors (Lipinski definition) is 2. The Morgan fingerprint density at radius 2 is 1.92 bits per heavy atom. The van der Waals surface area contributed by atoms with Gasteiger partial charge < -0.3 is 4.74 Å². The van der Waals surface area contributed by atoms with Crippen LogP contribution in [0, 0.1) is 0 Å². The summed E-state index contributed by atoms with van der Waals surface area (Å²) in [5, 5.41) is 0. The van der Waals surface area contributed by atoms with E-state index in [0.29, 0.717) is 6.42 Å². The van der Waals surface area contributed by atoms with E-state index in [1.54, 1.807) is 0 Å². The smallest absolute Gasteiger partial charge is 0.310 e. The van der Waals surface area contributed by atoms with Crippen LogP contribution in [0.3, 0.4) is 0 Å². The number of carbonyl (C=O) groups excluding carboxylic acids is 1. The fraction of sp³-hybridized carbons (Fsp3) is 0.727. The molecule has 0 fully saturated rings. The van der Waals surface area contributed by atoms with Gasteiger partial charge in [0.05, 0.1) is 6.26 Å². The van der Waals surface area contributed by atoms with E-state index in [0.717, 1.165) is 25.7 Å². The van der Waals surface area contributed by atoms with E-state index in [1.165, 1.54) is 12.7 Å². The summed E-state index contributed by atoms with van der Waals surface area (Å²) in [6.07, 6.45) is 9.25. The summed E-state index contributed by atoms with van der Waals surface area (Å²) in [6.45, 7) is 4.20. The summed E-state index contributed by atoms with van der Waals surface area (Å²) in [5.74, 6) is -0.116. The number of unbranched alkanes of at least 4 members (excludes halogenated alkanes) is 3. The van der Waals surface area contributed by atoms with Crippen molar-refractivity contribution in [1.82, 2.24) is 0 Å². The zero-order valence-electron chi connectivity index (χ0n) is 8.71. The summed E-state index contributed by atoms with van der Waals surface area (Å²) in [6, 6.07) is 0. The van der Waals surface area contributed by atoms with Crippen LogP contribution in [0.5, 0.6) is 0 Å². The van der Waals surface area contributed by atoms with Gasteiger partial charge in [0.1, 0.15) is 0 Å². The summed E-state index contributed by atoms with van der Waals surface area (Å²) >= 11 is 0. The Bertz CT molecular complexity index is 150. The second-order valence-corrected chi connectivity index (χ2v) is 3.11. The van der Waals surface area contributed by atoms with E-state index in [2.05, 4.69) is 13.8 Å². The lowest BCUT2D eigenvalue weighted by Gasteiger charge is -1.96. The Labute approximate surface area is 81.0 Å². The Balaban J connectivity index is 3.29. The number of carbonyl (C=O) groups is 1. The first-order valence-corrected chi connectivity index (χ1v) is 5.15. The first-order chi connectivity index (χ1) is 6.31. The molecule has 0 N–H and O–H groups in total. The zero-order valence-corrected chi connectivity index (χ0v) is 8.71. The zero-order chi connectivity index (χ0) is 9.94. The van der Waals surface area contributed by atoms with E-state index < -0.39 is 0 Å². The van der Waals surface area contributed by atoms with Crippen LogP contribution in [-0.4, -0.2) is 5.97 Å².